The SMILES string of the molecule is CCCNc1ccc(Cn2cnc([N+](=O)[O-])n2)cn1. The molecule has 8 nitrogen and oxygen atoms in total. The van der Waals surface area contributed by atoms with E-state index in [4.69, 9.17) is 0 Å². The molecule has 0 aliphatic heterocycles. The molecule has 100 valence electrons. The Morgan fingerprint density at radius 3 is 2.84 bits per heavy atom. The van der Waals surface area contributed by atoms with Crippen LogP contribution in [0.25, 0.3) is 0 Å². The normalized spacial score (nSPS) is 10.4. The van der Waals surface area contributed by atoms with Crippen LogP contribution in [-0.2, 0) is 6.54 Å². The minimum atomic E-state index is -0.619. The number of nitrogens with zero attached hydrogens (tertiary/aromatic N) is 5. The number of hydrogen-bond acceptors (Lipinski definition) is 6. The van der Waals surface area contributed by atoms with Crippen LogP contribution in [0.3, 0.4) is 0 Å². The largest absolute Gasteiger partial charge is 0.490 e. The van der Waals surface area contributed by atoms with Gasteiger partial charge in [0, 0.05) is 17.8 Å². The molecule has 0 aromatic carbocycles. The Kier molecular flexibility index (Phi) is 4.01. The lowest BCUT2D eigenvalue weighted by Gasteiger charge is -2.04. The van der Waals surface area contributed by atoms with Crippen LogP contribution < -0.4 is 5.32 Å². The number of hydrogen-bond donors (Lipinski definition) is 1. The Labute approximate surface area is 109 Å². The number of nitrogens with one attached hydrogen (secondary N) is 1. The van der Waals surface area contributed by atoms with Crippen LogP contribution >= 0.6 is 0 Å². The molecule has 0 atom stereocenters. The second-order valence-corrected chi connectivity index (χ2v) is 3.98. The van der Waals surface area contributed by atoms with Crippen molar-refractivity contribution in [1.82, 2.24) is 19.7 Å². The molecule has 2 rings (SSSR count). The fourth-order valence-corrected chi connectivity index (χ4v) is 1.51. The van der Waals surface area contributed by atoms with Crippen LogP contribution in [-0.4, -0.2) is 31.2 Å². The average Bonchev–Trinajstić information content (AvgIpc) is 2.87. The molecule has 2 heterocycles. The van der Waals surface area contributed by atoms with Gasteiger partial charge in [-0.2, -0.15) is 4.68 Å². The maximum Gasteiger partial charge on any atom is 0.490 e. The van der Waals surface area contributed by atoms with Crippen LogP contribution in [0.2, 0.25) is 0 Å². The van der Waals surface area contributed by atoms with E-state index in [0.717, 1.165) is 24.3 Å². The topological polar surface area (TPSA) is 98.8 Å². The molecule has 0 aliphatic carbocycles. The van der Waals surface area contributed by atoms with Gasteiger partial charge in [-0.05, 0) is 23.0 Å². The summed E-state index contributed by atoms with van der Waals surface area (Å²) in [4.78, 5) is 17.7. The Morgan fingerprint density at radius 2 is 2.26 bits per heavy atom. The van der Waals surface area contributed by atoms with Gasteiger partial charge in [0.15, 0.2) is 0 Å². The van der Waals surface area contributed by atoms with Crippen molar-refractivity contribution in [1.29, 1.82) is 0 Å². The third kappa shape index (κ3) is 3.47. The maximum atomic E-state index is 10.5. The van der Waals surface area contributed by atoms with E-state index in [1.807, 2.05) is 12.1 Å². The van der Waals surface area contributed by atoms with Crippen molar-refractivity contribution in [3.63, 3.8) is 0 Å². The van der Waals surface area contributed by atoms with E-state index >= 15 is 0 Å². The number of pyridine rings is 1. The molecule has 0 spiro atoms. The van der Waals surface area contributed by atoms with Gasteiger partial charge in [0.05, 0.1) is 6.54 Å². The highest BCUT2D eigenvalue weighted by Crippen LogP contribution is 2.07. The van der Waals surface area contributed by atoms with Gasteiger partial charge in [-0.15, -0.1) is 0 Å². The van der Waals surface area contributed by atoms with Gasteiger partial charge in [-0.3, -0.25) is 0 Å². The summed E-state index contributed by atoms with van der Waals surface area (Å²) in [5, 5.41) is 17.4. The molecule has 0 bridgehead atoms. The molecule has 2 aromatic rings. The number of anilines is 1. The molecule has 0 fully saturated rings. The lowest BCUT2D eigenvalue weighted by Crippen LogP contribution is -2.04. The zero-order valence-electron chi connectivity index (χ0n) is 10.5. The highest BCUT2D eigenvalue weighted by molar-refractivity contribution is 5.35. The monoisotopic (exact) mass is 262 g/mol. The summed E-state index contributed by atoms with van der Waals surface area (Å²) < 4.78 is 1.41. The molecule has 19 heavy (non-hydrogen) atoms. The summed E-state index contributed by atoms with van der Waals surface area (Å²) in [5.74, 6) is 0.421. The standard InChI is InChI=1S/C11H14N6O2/c1-2-5-12-10-4-3-9(6-13-10)7-16-8-14-11(15-16)17(18)19/h3-4,6,8H,2,5,7H2,1H3,(H,12,13). The van der Waals surface area contributed by atoms with Crippen LogP contribution in [0.15, 0.2) is 24.7 Å². The maximum absolute atomic E-state index is 10.5. The van der Waals surface area contributed by atoms with Crippen molar-refractivity contribution >= 4 is 11.8 Å². The summed E-state index contributed by atoms with van der Waals surface area (Å²) >= 11 is 0. The Hall–Kier alpha value is -2.51. The average molecular weight is 262 g/mol. The van der Waals surface area contributed by atoms with Crippen molar-refractivity contribution in [3.05, 3.63) is 40.3 Å². The van der Waals surface area contributed by atoms with E-state index < -0.39 is 10.9 Å². The molecule has 0 saturated heterocycles. The molecule has 0 aliphatic rings. The number of nitro groups is 1. The Morgan fingerprint density at radius 1 is 1.42 bits per heavy atom. The molecule has 0 amide bonds. The van der Waals surface area contributed by atoms with Gasteiger partial charge in [-0.25, -0.2) is 4.98 Å². The summed E-state index contributed by atoms with van der Waals surface area (Å²) in [6, 6.07) is 3.77. The van der Waals surface area contributed by atoms with Crippen LogP contribution in [0.1, 0.15) is 18.9 Å². The van der Waals surface area contributed by atoms with Crippen molar-refractivity contribution < 1.29 is 4.92 Å². The summed E-state index contributed by atoms with van der Waals surface area (Å²) in [7, 11) is 0. The zero-order chi connectivity index (χ0) is 13.7. The first-order valence-corrected chi connectivity index (χ1v) is 5.91. The van der Waals surface area contributed by atoms with Crippen molar-refractivity contribution in [2.45, 2.75) is 19.9 Å². The van der Waals surface area contributed by atoms with Gasteiger partial charge in [0.1, 0.15) is 5.82 Å². The van der Waals surface area contributed by atoms with E-state index in [0.29, 0.717) is 6.54 Å². The zero-order valence-corrected chi connectivity index (χ0v) is 10.5. The molecular formula is C11H14N6O2. The van der Waals surface area contributed by atoms with Gasteiger partial charge in [0.2, 0.25) is 6.33 Å². The molecule has 0 unspecified atom stereocenters. The molecule has 0 saturated carbocycles. The Bertz CT molecular complexity index is 551. The predicted octanol–water partition coefficient (Wildman–Crippen LogP) is 1.45. The molecule has 2 aromatic heterocycles. The second-order valence-electron chi connectivity index (χ2n) is 3.98. The fourth-order valence-electron chi connectivity index (χ4n) is 1.51. The molecule has 1 N–H and O–H groups in total. The first-order valence-electron chi connectivity index (χ1n) is 5.91. The van der Waals surface area contributed by atoms with Gasteiger partial charge in [-0.1, -0.05) is 18.0 Å². The van der Waals surface area contributed by atoms with Crippen molar-refractivity contribution in [2.24, 2.45) is 0 Å². The van der Waals surface area contributed by atoms with E-state index in [-0.39, 0.29) is 0 Å². The predicted molar refractivity (Wildman–Crippen MR) is 68.8 cm³/mol. The fraction of sp³-hybridized carbons (Fsp3) is 0.364. The summed E-state index contributed by atoms with van der Waals surface area (Å²) in [6.45, 7) is 3.36. The van der Waals surface area contributed by atoms with Gasteiger partial charge < -0.3 is 15.4 Å². The minimum Gasteiger partial charge on any atom is -0.390 e. The van der Waals surface area contributed by atoms with E-state index in [2.05, 4.69) is 27.3 Å². The van der Waals surface area contributed by atoms with Crippen molar-refractivity contribution in [2.75, 3.05) is 11.9 Å². The second kappa shape index (κ2) is 5.89. The quantitative estimate of drug-likeness (QED) is 0.625. The lowest BCUT2D eigenvalue weighted by atomic mass is 10.3. The first kappa shape index (κ1) is 12.9. The van der Waals surface area contributed by atoms with Crippen LogP contribution in [0.5, 0.6) is 0 Å². The lowest BCUT2D eigenvalue weighted by molar-refractivity contribution is -0.394. The van der Waals surface area contributed by atoms with Gasteiger partial charge >= 0.3 is 5.95 Å². The van der Waals surface area contributed by atoms with Crippen LogP contribution in [0.4, 0.5) is 11.8 Å². The molecular weight excluding hydrogens is 248 g/mol. The van der Waals surface area contributed by atoms with Crippen molar-refractivity contribution in [3.8, 4) is 0 Å². The molecule has 8 heteroatoms. The summed E-state index contributed by atoms with van der Waals surface area (Å²) in [6.07, 6.45) is 4.08. The van der Waals surface area contributed by atoms with E-state index in [9.17, 15) is 10.1 Å². The van der Waals surface area contributed by atoms with E-state index in [1.165, 1.54) is 11.0 Å². The third-order valence-electron chi connectivity index (χ3n) is 2.41. The third-order valence-corrected chi connectivity index (χ3v) is 2.41. The van der Waals surface area contributed by atoms with Crippen LogP contribution in [0, 0.1) is 10.1 Å². The number of aromatic nitrogens is 4. The van der Waals surface area contributed by atoms with Gasteiger partial charge in [0.25, 0.3) is 0 Å². The Balaban J connectivity index is 2.00. The smallest absolute Gasteiger partial charge is 0.390 e. The highest BCUT2D eigenvalue weighted by atomic mass is 16.6. The first-order chi connectivity index (χ1) is 9.19. The van der Waals surface area contributed by atoms with E-state index in [1.54, 1.807) is 6.20 Å². The highest BCUT2D eigenvalue weighted by Gasteiger charge is 2.13. The number of rotatable bonds is 6. The minimum absolute atomic E-state index is 0.394. The molecule has 0 radical (unpaired) electrons. The summed E-state index contributed by atoms with van der Waals surface area (Å²) in [5.41, 5.74) is 0.904.